The standard InChI is InChI=1S/C11H24N4.H2O4S/c1-11(2,8-14-10(12)13)15-9-6-4-3-5-7-9;1-5(2,3)4/h9,15H,3-8H2,1-2H3,(H4,12,13,14);(H2,1,2,3,4). The van der Waals surface area contributed by atoms with Gasteiger partial charge in [-0.05, 0) is 26.7 Å². The summed E-state index contributed by atoms with van der Waals surface area (Å²) in [5.74, 6) is 0.175. The molecule has 0 aliphatic heterocycles. The zero-order valence-corrected chi connectivity index (χ0v) is 12.9. The second-order valence-electron chi connectivity index (χ2n) is 5.55. The molecule has 0 atom stereocenters. The second kappa shape index (κ2) is 8.40. The van der Waals surface area contributed by atoms with Crippen molar-refractivity contribution >= 4 is 16.4 Å². The third-order valence-corrected chi connectivity index (χ3v) is 2.86. The van der Waals surface area contributed by atoms with E-state index in [1.54, 1.807) is 0 Å². The first kappa shape index (κ1) is 19.1. The summed E-state index contributed by atoms with van der Waals surface area (Å²) in [5, 5.41) is 3.63. The summed E-state index contributed by atoms with van der Waals surface area (Å²) in [4.78, 5) is 4.07. The van der Waals surface area contributed by atoms with Crippen molar-refractivity contribution in [3.05, 3.63) is 0 Å². The van der Waals surface area contributed by atoms with Gasteiger partial charge in [0.05, 0.1) is 6.54 Å². The lowest BCUT2D eigenvalue weighted by atomic mass is 9.92. The number of nitrogens with one attached hydrogen (secondary N) is 1. The Morgan fingerprint density at radius 1 is 1.25 bits per heavy atom. The lowest BCUT2D eigenvalue weighted by Crippen LogP contribution is -2.49. The van der Waals surface area contributed by atoms with E-state index in [1.807, 2.05) is 0 Å². The molecule has 0 radical (unpaired) electrons. The minimum atomic E-state index is -4.67. The van der Waals surface area contributed by atoms with Gasteiger partial charge in [-0.15, -0.1) is 0 Å². The van der Waals surface area contributed by atoms with Gasteiger partial charge in [-0.2, -0.15) is 8.42 Å². The normalized spacial score (nSPS) is 17.0. The Morgan fingerprint density at radius 2 is 1.70 bits per heavy atom. The van der Waals surface area contributed by atoms with Crippen LogP contribution in [0.1, 0.15) is 46.0 Å². The highest BCUT2D eigenvalue weighted by atomic mass is 32.3. The topological polar surface area (TPSA) is 151 Å². The van der Waals surface area contributed by atoms with Gasteiger partial charge in [-0.1, -0.05) is 19.3 Å². The van der Waals surface area contributed by atoms with Crippen molar-refractivity contribution in [2.75, 3.05) is 6.54 Å². The van der Waals surface area contributed by atoms with Gasteiger partial charge in [0.2, 0.25) is 0 Å². The van der Waals surface area contributed by atoms with Crippen LogP contribution in [-0.2, 0) is 10.4 Å². The Labute approximate surface area is 120 Å². The average Bonchev–Trinajstić information content (AvgIpc) is 2.25. The van der Waals surface area contributed by atoms with E-state index in [1.165, 1.54) is 32.1 Å². The highest BCUT2D eigenvalue weighted by Gasteiger charge is 2.23. The van der Waals surface area contributed by atoms with E-state index in [4.69, 9.17) is 29.0 Å². The van der Waals surface area contributed by atoms with Crippen LogP contribution in [0.4, 0.5) is 0 Å². The van der Waals surface area contributed by atoms with Gasteiger partial charge in [0, 0.05) is 11.6 Å². The van der Waals surface area contributed by atoms with E-state index in [0.29, 0.717) is 12.6 Å². The summed E-state index contributed by atoms with van der Waals surface area (Å²) in [5.41, 5.74) is 10.7. The van der Waals surface area contributed by atoms with Gasteiger partial charge in [-0.25, -0.2) is 0 Å². The van der Waals surface area contributed by atoms with Crippen LogP contribution in [0.3, 0.4) is 0 Å². The highest BCUT2D eigenvalue weighted by Crippen LogP contribution is 2.19. The van der Waals surface area contributed by atoms with Crippen LogP contribution in [0.2, 0.25) is 0 Å². The van der Waals surface area contributed by atoms with E-state index < -0.39 is 10.4 Å². The Hall–Kier alpha value is -0.900. The van der Waals surface area contributed by atoms with Crippen molar-refractivity contribution in [3.63, 3.8) is 0 Å². The lowest BCUT2D eigenvalue weighted by Gasteiger charge is -2.32. The fraction of sp³-hybridized carbons (Fsp3) is 0.909. The fourth-order valence-corrected chi connectivity index (χ4v) is 2.13. The van der Waals surface area contributed by atoms with E-state index in [9.17, 15) is 0 Å². The molecule has 0 aromatic rings. The zero-order chi connectivity index (χ0) is 15.8. The first-order chi connectivity index (χ1) is 8.99. The predicted octanol–water partition coefficient (Wildman–Crippen LogP) is 0.308. The minimum absolute atomic E-state index is 0.00794. The molecular formula is C11H26N4O4S. The molecule has 0 amide bonds. The molecule has 0 heterocycles. The first-order valence-corrected chi connectivity index (χ1v) is 7.92. The molecule has 1 aliphatic rings. The van der Waals surface area contributed by atoms with Gasteiger partial charge in [0.15, 0.2) is 5.96 Å². The van der Waals surface area contributed by atoms with Crippen molar-refractivity contribution in [1.29, 1.82) is 0 Å². The van der Waals surface area contributed by atoms with E-state index in [2.05, 4.69) is 24.2 Å². The lowest BCUT2D eigenvalue weighted by molar-refractivity contribution is 0.285. The van der Waals surface area contributed by atoms with Crippen molar-refractivity contribution in [2.24, 2.45) is 16.5 Å². The predicted molar refractivity (Wildman–Crippen MR) is 78.9 cm³/mol. The number of aliphatic imine (C=N–C) groups is 1. The Morgan fingerprint density at radius 3 is 2.10 bits per heavy atom. The zero-order valence-electron chi connectivity index (χ0n) is 12.0. The molecule has 0 aromatic carbocycles. The molecule has 120 valence electrons. The number of hydrogen-bond acceptors (Lipinski definition) is 4. The van der Waals surface area contributed by atoms with Crippen molar-refractivity contribution < 1.29 is 17.5 Å². The van der Waals surface area contributed by atoms with Crippen LogP contribution in [0.15, 0.2) is 4.99 Å². The van der Waals surface area contributed by atoms with Crippen molar-refractivity contribution in [2.45, 2.75) is 57.5 Å². The van der Waals surface area contributed by atoms with E-state index >= 15 is 0 Å². The summed E-state index contributed by atoms with van der Waals surface area (Å²) in [6.07, 6.45) is 6.63. The fourth-order valence-electron chi connectivity index (χ4n) is 2.13. The Bertz CT molecular complexity index is 391. The number of nitrogens with zero attached hydrogens (tertiary/aromatic N) is 1. The molecule has 9 heteroatoms. The molecule has 0 saturated heterocycles. The van der Waals surface area contributed by atoms with Gasteiger partial charge in [0.25, 0.3) is 0 Å². The van der Waals surface area contributed by atoms with Crippen LogP contribution in [0, 0.1) is 0 Å². The highest BCUT2D eigenvalue weighted by molar-refractivity contribution is 7.79. The number of rotatable bonds is 4. The molecule has 1 saturated carbocycles. The van der Waals surface area contributed by atoms with Crippen molar-refractivity contribution in [1.82, 2.24) is 5.32 Å². The Kier molecular flexibility index (Phi) is 8.02. The SMILES string of the molecule is CC(C)(CN=C(N)N)NC1CCCCC1.O=S(=O)(O)O. The van der Waals surface area contributed by atoms with E-state index in [0.717, 1.165) is 0 Å². The molecule has 1 rings (SSSR count). The monoisotopic (exact) mass is 310 g/mol. The molecule has 0 unspecified atom stereocenters. The molecule has 8 nitrogen and oxygen atoms in total. The summed E-state index contributed by atoms with van der Waals surface area (Å²) in [6.45, 7) is 4.94. The molecule has 7 N–H and O–H groups in total. The maximum Gasteiger partial charge on any atom is 0.394 e. The minimum Gasteiger partial charge on any atom is -0.370 e. The van der Waals surface area contributed by atoms with Crippen LogP contribution >= 0.6 is 0 Å². The van der Waals surface area contributed by atoms with Gasteiger partial charge in [0.1, 0.15) is 0 Å². The van der Waals surface area contributed by atoms with E-state index in [-0.39, 0.29) is 11.5 Å². The summed E-state index contributed by atoms with van der Waals surface area (Å²) in [7, 11) is -4.67. The van der Waals surface area contributed by atoms with Gasteiger partial charge >= 0.3 is 10.4 Å². The van der Waals surface area contributed by atoms with Gasteiger partial charge in [-0.3, -0.25) is 14.1 Å². The maximum atomic E-state index is 8.74. The van der Waals surface area contributed by atoms with Gasteiger partial charge < -0.3 is 16.8 Å². The summed E-state index contributed by atoms with van der Waals surface area (Å²) < 4.78 is 31.6. The largest absolute Gasteiger partial charge is 0.394 e. The number of nitrogens with two attached hydrogens (primary N) is 2. The summed E-state index contributed by atoms with van der Waals surface area (Å²) in [6, 6.07) is 0.642. The molecule has 20 heavy (non-hydrogen) atoms. The van der Waals surface area contributed by atoms with Crippen LogP contribution in [-0.4, -0.2) is 41.6 Å². The molecular weight excluding hydrogens is 284 g/mol. The Balaban J connectivity index is 0.000000621. The smallest absolute Gasteiger partial charge is 0.370 e. The van der Waals surface area contributed by atoms with Crippen molar-refractivity contribution in [3.8, 4) is 0 Å². The number of guanidine groups is 1. The molecule has 0 aromatic heterocycles. The summed E-state index contributed by atoms with van der Waals surface area (Å²) >= 11 is 0. The first-order valence-electron chi connectivity index (χ1n) is 6.52. The average molecular weight is 310 g/mol. The van der Waals surface area contributed by atoms with Crippen LogP contribution in [0.5, 0.6) is 0 Å². The number of hydrogen-bond donors (Lipinski definition) is 5. The third-order valence-electron chi connectivity index (χ3n) is 2.86. The molecule has 1 aliphatic carbocycles. The molecule has 0 spiro atoms. The second-order valence-corrected chi connectivity index (χ2v) is 6.45. The van der Waals surface area contributed by atoms with Crippen LogP contribution < -0.4 is 16.8 Å². The third kappa shape index (κ3) is 13.5. The quantitative estimate of drug-likeness (QED) is 0.284. The molecule has 1 fully saturated rings. The maximum absolute atomic E-state index is 8.74. The van der Waals surface area contributed by atoms with Crippen LogP contribution in [0.25, 0.3) is 0 Å². The molecule has 0 bridgehead atoms.